The number of benzene rings is 1. The molecule has 2 aromatic heterocycles. The fourth-order valence-electron chi connectivity index (χ4n) is 3.28. The van der Waals surface area contributed by atoms with E-state index in [1.165, 1.54) is 5.56 Å². The number of fused-ring (bicyclic) bond motifs is 2. The van der Waals surface area contributed by atoms with Crippen molar-refractivity contribution in [2.24, 2.45) is 0 Å². The number of hydrogen-bond donors (Lipinski definition) is 1. The second-order valence-corrected chi connectivity index (χ2v) is 6.29. The SMILES string of the molecule is c1ccc2ncc(Nc3ncnc4c3CN(C3COC3)C4)cc2c1. The highest BCUT2D eigenvalue weighted by atomic mass is 16.5. The van der Waals surface area contributed by atoms with E-state index in [0.29, 0.717) is 6.04 Å². The van der Waals surface area contributed by atoms with Crippen molar-refractivity contribution in [1.82, 2.24) is 19.9 Å². The summed E-state index contributed by atoms with van der Waals surface area (Å²) in [5.41, 5.74) is 4.22. The minimum atomic E-state index is 0.509. The highest BCUT2D eigenvalue weighted by Crippen LogP contribution is 2.31. The summed E-state index contributed by atoms with van der Waals surface area (Å²) in [7, 11) is 0. The number of ether oxygens (including phenoxy) is 1. The topological polar surface area (TPSA) is 63.2 Å². The molecule has 0 unspecified atom stereocenters. The van der Waals surface area contributed by atoms with E-state index in [9.17, 15) is 0 Å². The normalized spacial score (nSPS) is 17.7. The predicted octanol–water partition coefficient (Wildman–Crippen LogP) is 2.48. The summed E-state index contributed by atoms with van der Waals surface area (Å²) < 4.78 is 5.31. The van der Waals surface area contributed by atoms with Crippen molar-refractivity contribution < 1.29 is 4.74 Å². The van der Waals surface area contributed by atoms with Crippen LogP contribution in [-0.2, 0) is 17.8 Å². The second kappa shape index (κ2) is 5.51. The quantitative estimate of drug-likeness (QED) is 0.800. The molecule has 0 atom stereocenters. The number of aromatic nitrogens is 3. The van der Waals surface area contributed by atoms with E-state index in [1.54, 1.807) is 6.33 Å². The van der Waals surface area contributed by atoms with Gasteiger partial charge in [-0.05, 0) is 12.1 Å². The smallest absolute Gasteiger partial charge is 0.138 e. The summed E-state index contributed by atoms with van der Waals surface area (Å²) in [6, 6.07) is 10.7. The Balaban J connectivity index is 1.44. The van der Waals surface area contributed by atoms with Crippen LogP contribution in [-0.4, -0.2) is 39.1 Å². The number of anilines is 2. The molecule has 120 valence electrons. The van der Waals surface area contributed by atoms with E-state index < -0.39 is 0 Å². The van der Waals surface area contributed by atoms with Gasteiger partial charge in [0.05, 0.1) is 42.4 Å². The molecule has 24 heavy (non-hydrogen) atoms. The fraction of sp³-hybridized carbons (Fsp3) is 0.278. The number of nitrogens with one attached hydrogen (secondary N) is 1. The fourth-order valence-corrected chi connectivity index (χ4v) is 3.28. The molecule has 6 heteroatoms. The van der Waals surface area contributed by atoms with E-state index in [-0.39, 0.29) is 0 Å². The van der Waals surface area contributed by atoms with Crippen molar-refractivity contribution in [3.8, 4) is 0 Å². The Morgan fingerprint density at radius 1 is 1.08 bits per heavy atom. The first-order valence-electron chi connectivity index (χ1n) is 8.13. The minimum absolute atomic E-state index is 0.509. The number of hydrogen-bond acceptors (Lipinski definition) is 6. The molecule has 0 bridgehead atoms. The van der Waals surface area contributed by atoms with Crippen molar-refractivity contribution in [2.75, 3.05) is 18.5 Å². The van der Waals surface area contributed by atoms with Crippen LogP contribution in [0.1, 0.15) is 11.3 Å². The first-order valence-corrected chi connectivity index (χ1v) is 8.13. The molecule has 1 saturated heterocycles. The molecule has 6 nitrogen and oxygen atoms in total. The molecule has 0 saturated carbocycles. The summed E-state index contributed by atoms with van der Waals surface area (Å²) in [4.78, 5) is 15.8. The highest BCUT2D eigenvalue weighted by Gasteiger charge is 2.33. The lowest BCUT2D eigenvalue weighted by Gasteiger charge is -2.34. The minimum Gasteiger partial charge on any atom is -0.378 e. The zero-order valence-electron chi connectivity index (χ0n) is 13.1. The predicted molar refractivity (Wildman–Crippen MR) is 90.9 cm³/mol. The summed E-state index contributed by atoms with van der Waals surface area (Å²) in [5, 5.41) is 4.53. The average molecular weight is 319 g/mol. The molecule has 3 aromatic rings. The lowest BCUT2D eigenvalue weighted by Crippen LogP contribution is -2.46. The Labute approximate surface area is 139 Å². The molecule has 1 N–H and O–H groups in total. The summed E-state index contributed by atoms with van der Waals surface area (Å²) in [5.74, 6) is 0.875. The molecule has 0 amide bonds. The maximum Gasteiger partial charge on any atom is 0.138 e. The first kappa shape index (κ1) is 13.8. The van der Waals surface area contributed by atoms with Gasteiger partial charge in [0.25, 0.3) is 0 Å². The summed E-state index contributed by atoms with van der Waals surface area (Å²) >= 11 is 0. The maximum atomic E-state index is 5.31. The Kier molecular flexibility index (Phi) is 3.17. The number of rotatable bonds is 3. The summed E-state index contributed by atoms with van der Waals surface area (Å²) in [6.07, 6.45) is 3.49. The van der Waals surface area contributed by atoms with Crippen LogP contribution in [0.5, 0.6) is 0 Å². The van der Waals surface area contributed by atoms with Crippen LogP contribution in [0.15, 0.2) is 42.9 Å². The van der Waals surface area contributed by atoms with E-state index in [2.05, 4.69) is 37.3 Å². The Morgan fingerprint density at radius 3 is 2.88 bits per heavy atom. The molecule has 1 fully saturated rings. The van der Waals surface area contributed by atoms with Crippen molar-refractivity contribution in [2.45, 2.75) is 19.1 Å². The van der Waals surface area contributed by atoms with Crippen molar-refractivity contribution in [3.05, 3.63) is 54.1 Å². The second-order valence-electron chi connectivity index (χ2n) is 6.29. The van der Waals surface area contributed by atoms with Gasteiger partial charge in [-0.1, -0.05) is 18.2 Å². The van der Waals surface area contributed by atoms with Crippen LogP contribution < -0.4 is 5.32 Å². The van der Waals surface area contributed by atoms with E-state index in [0.717, 1.165) is 54.4 Å². The highest BCUT2D eigenvalue weighted by molar-refractivity contribution is 5.82. The molecule has 1 aromatic carbocycles. The van der Waals surface area contributed by atoms with Gasteiger partial charge in [0.15, 0.2) is 0 Å². The Hall–Kier alpha value is -2.57. The molecule has 0 radical (unpaired) electrons. The van der Waals surface area contributed by atoms with Gasteiger partial charge in [-0.25, -0.2) is 9.97 Å². The van der Waals surface area contributed by atoms with Gasteiger partial charge < -0.3 is 10.1 Å². The van der Waals surface area contributed by atoms with Crippen LogP contribution in [0, 0.1) is 0 Å². The third-order valence-corrected chi connectivity index (χ3v) is 4.74. The van der Waals surface area contributed by atoms with Crippen molar-refractivity contribution >= 4 is 22.4 Å². The average Bonchev–Trinajstić information content (AvgIpc) is 2.97. The maximum absolute atomic E-state index is 5.31. The van der Waals surface area contributed by atoms with Crippen molar-refractivity contribution in [3.63, 3.8) is 0 Å². The zero-order valence-corrected chi connectivity index (χ0v) is 13.1. The van der Waals surface area contributed by atoms with Crippen LogP contribution in [0.2, 0.25) is 0 Å². The van der Waals surface area contributed by atoms with Crippen LogP contribution >= 0.6 is 0 Å². The Morgan fingerprint density at radius 2 is 2.00 bits per heavy atom. The number of nitrogens with zero attached hydrogens (tertiary/aromatic N) is 4. The molecular formula is C18H17N5O. The number of pyridine rings is 1. The molecule has 4 heterocycles. The molecule has 5 rings (SSSR count). The van der Waals surface area contributed by atoms with Gasteiger partial charge in [0, 0.05) is 24.0 Å². The van der Waals surface area contributed by atoms with Gasteiger partial charge in [-0.15, -0.1) is 0 Å². The lowest BCUT2D eigenvalue weighted by atomic mass is 10.2. The number of para-hydroxylation sites is 1. The van der Waals surface area contributed by atoms with Crippen LogP contribution in [0.4, 0.5) is 11.5 Å². The van der Waals surface area contributed by atoms with E-state index in [1.807, 2.05) is 24.4 Å². The molecular weight excluding hydrogens is 302 g/mol. The summed E-state index contributed by atoms with van der Waals surface area (Å²) in [6.45, 7) is 3.38. The van der Waals surface area contributed by atoms with Gasteiger partial charge in [-0.3, -0.25) is 9.88 Å². The van der Waals surface area contributed by atoms with Gasteiger partial charge in [0.2, 0.25) is 0 Å². The van der Waals surface area contributed by atoms with Crippen LogP contribution in [0.3, 0.4) is 0 Å². The van der Waals surface area contributed by atoms with Crippen molar-refractivity contribution in [1.29, 1.82) is 0 Å². The van der Waals surface area contributed by atoms with Gasteiger partial charge in [-0.2, -0.15) is 0 Å². The van der Waals surface area contributed by atoms with Gasteiger partial charge in [0.1, 0.15) is 12.1 Å². The van der Waals surface area contributed by atoms with Gasteiger partial charge >= 0.3 is 0 Å². The lowest BCUT2D eigenvalue weighted by molar-refractivity contribution is -0.0671. The largest absolute Gasteiger partial charge is 0.378 e. The molecule has 2 aliphatic rings. The third-order valence-electron chi connectivity index (χ3n) is 4.74. The molecule has 0 spiro atoms. The monoisotopic (exact) mass is 319 g/mol. The molecule has 0 aliphatic carbocycles. The first-order chi connectivity index (χ1) is 11.9. The third kappa shape index (κ3) is 2.31. The zero-order chi connectivity index (χ0) is 15.9. The molecule has 2 aliphatic heterocycles. The standard InChI is InChI=1S/C18H17N5O/c1-2-4-16-12(3-1)5-13(6-19-16)22-18-15-7-23(14-9-24-10-14)8-17(15)20-11-21-18/h1-6,11,14H,7-10H2,(H,20,21,22). The van der Waals surface area contributed by atoms with Crippen LogP contribution in [0.25, 0.3) is 10.9 Å². The van der Waals surface area contributed by atoms with E-state index in [4.69, 9.17) is 4.74 Å². The Bertz CT molecular complexity index is 909. The van der Waals surface area contributed by atoms with E-state index >= 15 is 0 Å².